The van der Waals surface area contributed by atoms with Gasteiger partial charge in [-0.1, -0.05) is 91.0 Å². The largest absolute Gasteiger partial charge is 0.490 e. The SMILES string of the molecule is C[C@@](NC(=O)Cc1c[nH]c2ccccc12)(C(=O)Nc1ccc(C(OC(=O)C(F)(F)F)(c2ccc(NC(=O)[C@@](C)(NC(=O)Cc3c[nH]c4ccccc34)c3ccncc3)cc2)c2ccc(NC(=O)[C@@](C)(NC(=O)Cc3c[nH]c4ccccc34)c3ccncc3)cc2)cc1)c1ccncc1. The van der Waals surface area contributed by atoms with Gasteiger partial charge >= 0.3 is 12.1 Å². The number of hydrogen-bond donors (Lipinski definition) is 9. The minimum Gasteiger partial charge on any atom is -0.438 e. The van der Waals surface area contributed by atoms with Crippen LogP contribution in [0.4, 0.5) is 30.2 Å². The van der Waals surface area contributed by atoms with E-state index in [0.717, 1.165) is 32.7 Å². The number of halogens is 3. The van der Waals surface area contributed by atoms with Crippen LogP contribution in [0.25, 0.3) is 32.7 Å². The molecule has 6 aromatic heterocycles. The molecule has 0 radical (unpaired) electrons. The molecular weight excluding hydrogens is 1250 g/mol. The fourth-order valence-electron chi connectivity index (χ4n) is 12.2. The Kier molecular flexibility index (Phi) is 18.1. The maximum Gasteiger partial charge on any atom is 0.490 e. The minimum absolute atomic E-state index is 0.0862. The smallest absolute Gasteiger partial charge is 0.438 e. The van der Waals surface area contributed by atoms with Crippen LogP contribution in [-0.2, 0) is 79.8 Å². The average molecular weight is 1320 g/mol. The second-order valence-corrected chi connectivity index (χ2v) is 24.0. The van der Waals surface area contributed by atoms with Crippen molar-refractivity contribution in [2.45, 2.75) is 68.4 Å². The third-order valence-electron chi connectivity index (χ3n) is 17.5. The van der Waals surface area contributed by atoms with E-state index in [1.54, 1.807) is 55.0 Å². The normalized spacial score (nSPS) is 13.4. The summed E-state index contributed by atoms with van der Waals surface area (Å²) in [6, 6.07) is 48.1. The van der Waals surface area contributed by atoms with Gasteiger partial charge in [0.1, 0.15) is 16.6 Å². The Bertz CT molecular complexity index is 4480. The molecule has 12 rings (SSSR count). The lowest BCUT2D eigenvalue weighted by atomic mass is 9.79. The van der Waals surface area contributed by atoms with Crippen molar-refractivity contribution in [1.82, 2.24) is 45.9 Å². The van der Waals surface area contributed by atoms with Crippen LogP contribution >= 0.6 is 0 Å². The molecule has 0 saturated heterocycles. The van der Waals surface area contributed by atoms with Crippen LogP contribution in [0.3, 0.4) is 0 Å². The molecule has 20 nitrogen and oxygen atoms in total. The zero-order valence-electron chi connectivity index (χ0n) is 52.9. The number of pyridine rings is 3. The lowest BCUT2D eigenvalue weighted by Crippen LogP contribution is -2.52. The predicted molar refractivity (Wildman–Crippen MR) is 362 cm³/mol. The molecule has 0 bridgehead atoms. The topological polar surface area (TPSA) is 287 Å². The molecule has 0 spiro atoms. The number of carbonyl (C=O) groups excluding carboxylic acids is 7. The van der Waals surface area contributed by atoms with Crippen molar-refractivity contribution in [3.05, 3.63) is 288 Å². The Labute approximate surface area is 558 Å². The summed E-state index contributed by atoms with van der Waals surface area (Å²) in [6.07, 6.45) is 8.06. The first-order valence-electron chi connectivity index (χ1n) is 31.0. The highest BCUT2D eigenvalue weighted by molar-refractivity contribution is 6.04. The van der Waals surface area contributed by atoms with Gasteiger partial charge in [0, 0.05) is 122 Å². The van der Waals surface area contributed by atoms with Crippen LogP contribution in [0, 0.1) is 0 Å². The zero-order chi connectivity index (χ0) is 68.8. The van der Waals surface area contributed by atoms with Gasteiger partial charge in [0.15, 0.2) is 5.60 Å². The molecule has 12 aromatic rings. The Morgan fingerprint density at radius 1 is 0.367 bits per heavy atom. The fourth-order valence-corrected chi connectivity index (χ4v) is 12.2. The summed E-state index contributed by atoms with van der Waals surface area (Å²) in [6.45, 7) is 4.55. The number of anilines is 3. The molecule has 6 heterocycles. The van der Waals surface area contributed by atoms with Gasteiger partial charge in [0.05, 0.1) is 19.3 Å². The summed E-state index contributed by atoms with van der Waals surface area (Å²) >= 11 is 0. The molecule has 6 amide bonds. The highest BCUT2D eigenvalue weighted by Gasteiger charge is 2.50. The van der Waals surface area contributed by atoms with Crippen molar-refractivity contribution >= 4 is 91.2 Å². The van der Waals surface area contributed by atoms with E-state index >= 15 is 0 Å². The molecule has 9 N–H and O–H groups in total. The van der Waals surface area contributed by atoms with Gasteiger partial charge in [-0.15, -0.1) is 0 Å². The quantitative estimate of drug-likeness (QED) is 0.0227. The number of esters is 1. The number of nitrogens with one attached hydrogen (secondary N) is 9. The van der Waals surface area contributed by atoms with Crippen LogP contribution in [0.2, 0.25) is 0 Å². The van der Waals surface area contributed by atoms with Gasteiger partial charge in [0.25, 0.3) is 17.7 Å². The van der Waals surface area contributed by atoms with Crippen LogP contribution < -0.4 is 31.9 Å². The van der Waals surface area contributed by atoms with Crippen molar-refractivity contribution in [3.8, 4) is 0 Å². The number of alkyl halides is 3. The molecule has 0 aliphatic heterocycles. The van der Waals surface area contributed by atoms with Crippen molar-refractivity contribution in [1.29, 1.82) is 0 Å². The Balaban J connectivity index is 0.885. The molecule has 23 heteroatoms. The molecule has 0 aliphatic rings. The fraction of sp³-hybridized carbons (Fsp3) is 0.147. The zero-order valence-corrected chi connectivity index (χ0v) is 52.9. The number of para-hydroxylation sites is 3. The number of hydrogen-bond acceptors (Lipinski definition) is 11. The molecule has 0 unspecified atom stereocenters. The number of carbonyl (C=O) groups is 7. The van der Waals surface area contributed by atoms with Crippen LogP contribution in [0.1, 0.15) is 70.8 Å². The second kappa shape index (κ2) is 27.1. The molecule has 0 saturated carbocycles. The van der Waals surface area contributed by atoms with Crippen molar-refractivity contribution < 1.29 is 51.5 Å². The maximum atomic E-state index is 15.0. The van der Waals surface area contributed by atoms with Gasteiger partial charge in [-0.2, -0.15) is 13.2 Å². The molecule has 6 aromatic carbocycles. The second-order valence-electron chi connectivity index (χ2n) is 24.0. The lowest BCUT2D eigenvalue weighted by Gasteiger charge is -2.36. The van der Waals surface area contributed by atoms with E-state index in [4.69, 9.17) is 4.74 Å². The summed E-state index contributed by atoms with van der Waals surface area (Å²) in [5.41, 5.74) is -2.07. The van der Waals surface area contributed by atoms with Crippen LogP contribution in [0.15, 0.2) is 238 Å². The number of fused-ring (bicyclic) bond motifs is 3. The van der Waals surface area contributed by atoms with Gasteiger partial charge < -0.3 is 51.6 Å². The van der Waals surface area contributed by atoms with Gasteiger partial charge in [-0.05, 0) is 145 Å². The molecule has 3 atom stereocenters. The summed E-state index contributed by atoms with van der Waals surface area (Å²) in [7, 11) is 0. The van der Waals surface area contributed by atoms with Crippen molar-refractivity contribution in [2.75, 3.05) is 16.0 Å². The first-order chi connectivity index (χ1) is 47.1. The van der Waals surface area contributed by atoms with E-state index in [1.807, 2.05) is 72.8 Å². The molecule has 0 fully saturated rings. The van der Waals surface area contributed by atoms with E-state index in [1.165, 1.54) is 131 Å². The third-order valence-corrected chi connectivity index (χ3v) is 17.5. The maximum absolute atomic E-state index is 15.0. The van der Waals surface area contributed by atoms with E-state index < -0.39 is 69.8 Å². The summed E-state index contributed by atoms with van der Waals surface area (Å²) < 4.78 is 50.7. The number of nitrogens with zero attached hydrogens (tertiary/aromatic N) is 3. The molecule has 98 heavy (non-hydrogen) atoms. The number of H-pyrrole nitrogens is 3. The number of aromatic nitrogens is 6. The van der Waals surface area contributed by atoms with Crippen molar-refractivity contribution in [3.63, 3.8) is 0 Å². The summed E-state index contributed by atoms with van der Waals surface area (Å²) in [5.74, 6) is -6.22. The summed E-state index contributed by atoms with van der Waals surface area (Å²) in [5, 5.41) is 19.7. The van der Waals surface area contributed by atoms with E-state index in [0.29, 0.717) is 33.4 Å². The van der Waals surface area contributed by atoms with Crippen LogP contribution in [-0.4, -0.2) is 77.5 Å². The highest BCUT2D eigenvalue weighted by atomic mass is 19.4. The van der Waals surface area contributed by atoms with Gasteiger partial charge in [0.2, 0.25) is 17.7 Å². The predicted octanol–water partition coefficient (Wildman–Crippen LogP) is 11.4. The molecular formula is C75H63F3N12O8. The van der Waals surface area contributed by atoms with Crippen molar-refractivity contribution in [2.24, 2.45) is 0 Å². The summed E-state index contributed by atoms with van der Waals surface area (Å²) in [4.78, 5) is 122. The Morgan fingerprint density at radius 2 is 0.633 bits per heavy atom. The third kappa shape index (κ3) is 13.4. The van der Waals surface area contributed by atoms with E-state index in [2.05, 4.69) is 61.8 Å². The monoisotopic (exact) mass is 1320 g/mol. The lowest BCUT2D eigenvalue weighted by molar-refractivity contribution is -0.209. The number of benzene rings is 6. The first kappa shape index (κ1) is 65.5. The van der Waals surface area contributed by atoms with Gasteiger partial charge in [-0.25, -0.2) is 4.79 Å². The number of rotatable bonds is 22. The minimum atomic E-state index is -5.58. The molecule has 492 valence electrons. The number of aromatic amines is 3. The van der Waals surface area contributed by atoms with Crippen LogP contribution in [0.5, 0.6) is 0 Å². The number of amides is 6. The number of ether oxygens (including phenoxy) is 1. The van der Waals surface area contributed by atoms with Gasteiger partial charge in [-0.3, -0.25) is 43.7 Å². The Morgan fingerprint density at radius 3 is 0.898 bits per heavy atom. The standard InChI is InChI=1S/C75H63F3N12O8/c1-71(49-28-34-79-35-29-49,88-64(91)40-46-43-82-61-13-7-4-10-58(46)61)67(94)85-55-22-16-52(17-23-55)74(98-70(97)75(76,77)78,53-18-24-56(25-19-53)86-68(95)72(2,50-30-36-80-37-31-50)89-65(92)41-47-44-83-62-14-8-5-11-59(47)62)54-20-26-57(27-21-54)87-69(96)73(3,51-32-38-81-39-33-51)90-66(93)42-48-45-84-63-15-9-6-12-60(48)63/h4-39,43-45,82-84H,40-42H2,1-3H3,(H,85,94)(H,86,95)(H,87,96)(H,88,91)(H,89,92)(H,90,93)/t71-,72-,73-/m0/s1. The highest BCUT2D eigenvalue weighted by Crippen LogP contribution is 2.44. The first-order valence-corrected chi connectivity index (χ1v) is 31.0. The average Bonchev–Trinajstić information content (AvgIpc) is 0.865. The molecule has 0 aliphatic carbocycles. The van der Waals surface area contributed by atoms with E-state index in [9.17, 15) is 46.7 Å². The van der Waals surface area contributed by atoms with E-state index in [-0.39, 0.29) is 53.0 Å². The Hall–Kier alpha value is -12.5.